The maximum absolute atomic E-state index is 11.5. The van der Waals surface area contributed by atoms with Crippen LogP contribution >= 0.6 is 11.3 Å². The van der Waals surface area contributed by atoms with Crippen molar-refractivity contribution in [1.29, 1.82) is 0 Å². The molecule has 29 heavy (non-hydrogen) atoms. The van der Waals surface area contributed by atoms with E-state index in [4.69, 9.17) is 9.72 Å². The van der Waals surface area contributed by atoms with Gasteiger partial charge in [-0.05, 0) is 13.0 Å². The number of benzene rings is 2. The van der Waals surface area contributed by atoms with Crippen molar-refractivity contribution in [3.8, 4) is 32.4 Å². The van der Waals surface area contributed by atoms with E-state index in [1.165, 1.54) is 0 Å². The standard InChI is InChI=1S/C22H20N4O2S/c1-2-28-22(27)23-14-17-13-18(26-25-17)20-19(15-9-5-3-6-10-15)24-21(29-20)16-11-7-4-8-12-16/h3-13H,2,14H2,1H3,(H,23,27)(H,25,26). The Labute approximate surface area is 172 Å². The van der Waals surface area contributed by atoms with Crippen LogP contribution in [0.25, 0.3) is 32.4 Å². The molecule has 0 aliphatic rings. The van der Waals surface area contributed by atoms with E-state index in [9.17, 15) is 4.79 Å². The summed E-state index contributed by atoms with van der Waals surface area (Å²) in [5.74, 6) is 0. The molecule has 0 atom stereocenters. The third-order valence-corrected chi connectivity index (χ3v) is 5.38. The molecule has 1 amide bonds. The van der Waals surface area contributed by atoms with Crippen molar-refractivity contribution in [1.82, 2.24) is 20.5 Å². The van der Waals surface area contributed by atoms with Crippen LogP contribution in [-0.2, 0) is 11.3 Å². The van der Waals surface area contributed by atoms with Crippen LogP contribution in [-0.4, -0.2) is 27.9 Å². The highest BCUT2D eigenvalue weighted by atomic mass is 32.1. The van der Waals surface area contributed by atoms with Crippen LogP contribution in [0.3, 0.4) is 0 Å². The Balaban J connectivity index is 1.68. The van der Waals surface area contributed by atoms with Crippen LogP contribution < -0.4 is 5.32 Å². The zero-order chi connectivity index (χ0) is 20.1. The molecule has 0 bridgehead atoms. The van der Waals surface area contributed by atoms with Crippen molar-refractivity contribution in [2.24, 2.45) is 0 Å². The Morgan fingerprint density at radius 1 is 1.07 bits per heavy atom. The van der Waals surface area contributed by atoms with Crippen LogP contribution in [0.15, 0.2) is 66.7 Å². The molecule has 0 saturated carbocycles. The third-order valence-electron chi connectivity index (χ3n) is 4.26. The van der Waals surface area contributed by atoms with Gasteiger partial charge in [-0.1, -0.05) is 60.7 Å². The lowest BCUT2D eigenvalue weighted by Gasteiger charge is -2.02. The molecule has 6 nitrogen and oxygen atoms in total. The molecule has 4 rings (SSSR count). The number of hydrogen-bond acceptors (Lipinski definition) is 5. The summed E-state index contributed by atoms with van der Waals surface area (Å²) in [5, 5.41) is 11.1. The molecule has 2 aromatic heterocycles. The zero-order valence-corrected chi connectivity index (χ0v) is 16.7. The topological polar surface area (TPSA) is 79.9 Å². The van der Waals surface area contributed by atoms with Crippen LogP contribution in [0.5, 0.6) is 0 Å². The van der Waals surface area contributed by atoms with Gasteiger partial charge in [0.05, 0.1) is 29.4 Å². The Kier molecular flexibility index (Phi) is 5.67. The summed E-state index contributed by atoms with van der Waals surface area (Å²) < 4.78 is 4.89. The number of rotatable bonds is 6. The lowest BCUT2D eigenvalue weighted by molar-refractivity contribution is 0.151. The van der Waals surface area contributed by atoms with Gasteiger partial charge in [-0.2, -0.15) is 5.10 Å². The van der Waals surface area contributed by atoms with Crippen molar-refractivity contribution >= 4 is 17.4 Å². The molecular weight excluding hydrogens is 384 g/mol. The molecule has 4 aromatic rings. The number of alkyl carbamates (subject to hydrolysis) is 1. The van der Waals surface area contributed by atoms with Crippen molar-refractivity contribution in [3.05, 3.63) is 72.4 Å². The van der Waals surface area contributed by atoms with Crippen LogP contribution in [0.2, 0.25) is 0 Å². The Morgan fingerprint density at radius 2 is 1.76 bits per heavy atom. The summed E-state index contributed by atoms with van der Waals surface area (Å²) in [6.45, 7) is 2.42. The highest BCUT2D eigenvalue weighted by Gasteiger charge is 2.18. The van der Waals surface area contributed by atoms with Gasteiger partial charge in [-0.3, -0.25) is 5.10 Å². The number of carbonyl (C=O) groups is 1. The number of nitrogens with one attached hydrogen (secondary N) is 2. The smallest absolute Gasteiger partial charge is 0.407 e. The summed E-state index contributed by atoms with van der Waals surface area (Å²) in [6, 6.07) is 22.1. The number of thiazole rings is 1. The molecule has 7 heteroatoms. The lowest BCUT2D eigenvalue weighted by atomic mass is 10.1. The minimum absolute atomic E-state index is 0.316. The Hall–Kier alpha value is -3.45. The molecule has 2 aromatic carbocycles. The summed E-state index contributed by atoms with van der Waals surface area (Å²) >= 11 is 1.60. The maximum atomic E-state index is 11.5. The molecule has 0 saturated heterocycles. The number of hydrogen-bond donors (Lipinski definition) is 2. The second kappa shape index (κ2) is 8.70. The molecule has 0 spiro atoms. The predicted molar refractivity (Wildman–Crippen MR) is 114 cm³/mol. The van der Waals surface area contributed by atoms with Gasteiger partial charge in [-0.25, -0.2) is 9.78 Å². The minimum Gasteiger partial charge on any atom is -0.450 e. The number of amides is 1. The van der Waals surface area contributed by atoms with Gasteiger partial charge in [-0.15, -0.1) is 11.3 Å². The predicted octanol–water partition coefficient (Wildman–Crippen LogP) is 5.11. The first-order valence-electron chi connectivity index (χ1n) is 9.31. The first-order chi connectivity index (χ1) is 14.2. The van der Waals surface area contributed by atoms with Gasteiger partial charge >= 0.3 is 6.09 Å². The van der Waals surface area contributed by atoms with Crippen LogP contribution in [0, 0.1) is 0 Å². The average Bonchev–Trinajstić information content (AvgIpc) is 3.41. The number of nitrogens with zero attached hydrogens (tertiary/aromatic N) is 2. The van der Waals surface area contributed by atoms with E-state index in [1.54, 1.807) is 18.3 Å². The van der Waals surface area contributed by atoms with Crippen molar-refractivity contribution in [2.75, 3.05) is 6.61 Å². The molecule has 0 aliphatic carbocycles. The van der Waals surface area contributed by atoms with Gasteiger partial charge in [0, 0.05) is 11.1 Å². The van der Waals surface area contributed by atoms with Gasteiger partial charge in [0.15, 0.2) is 0 Å². The Bertz CT molecular complexity index is 1090. The van der Waals surface area contributed by atoms with E-state index in [1.807, 2.05) is 54.6 Å². The minimum atomic E-state index is -0.447. The zero-order valence-electron chi connectivity index (χ0n) is 15.9. The number of aromatic amines is 1. The molecule has 146 valence electrons. The van der Waals surface area contributed by atoms with E-state index in [0.29, 0.717) is 13.2 Å². The van der Waals surface area contributed by atoms with E-state index in [2.05, 4.69) is 27.6 Å². The fourth-order valence-electron chi connectivity index (χ4n) is 2.91. The first kappa shape index (κ1) is 18.9. The normalized spacial score (nSPS) is 10.7. The van der Waals surface area contributed by atoms with Crippen LogP contribution in [0.1, 0.15) is 12.6 Å². The molecule has 0 fully saturated rings. The summed E-state index contributed by atoms with van der Waals surface area (Å²) in [6.07, 6.45) is -0.447. The van der Waals surface area contributed by atoms with Gasteiger partial charge in [0.2, 0.25) is 0 Å². The van der Waals surface area contributed by atoms with E-state index in [-0.39, 0.29) is 0 Å². The summed E-state index contributed by atoms with van der Waals surface area (Å²) in [5.41, 5.74) is 4.59. The lowest BCUT2D eigenvalue weighted by Crippen LogP contribution is -2.23. The van der Waals surface area contributed by atoms with Gasteiger partial charge in [0.1, 0.15) is 10.7 Å². The largest absolute Gasteiger partial charge is 0.450 e. The van der Waals surface area contributed by atoms with E-state index < -0.39 is 6.09 Å². The van der Waals surface area contributed by atoms with Crippen LogP contribution in [0.4, 0.5) is 4.79 Å². The van der Waals surface area contributed by atoms with Crippen molar-refractivity contribution in [3.63, 3.8) is 0 Å². The van der Waals surface area contributed by atoms with E-state index in [0.717, 1.165) is 38.1 Å². The molecule has 0 aliphatic heterocycles. The second-order valence-corrected chi connectivity index (χ2v) is 7.28. The first-order valence-corrected chi connectivity index (χ1v) is 10.1. The number of aromatic nitrogens is 3. The molecule has 2 heterocycles. The highest BCUT2D eigenvalue weighted by molar-refractivity contribution is 7.18. The molecule has 2 N–H and O–H groups in total. The van der Waals surface area contributed by atoms with Crippen molar-refractivity contribution < 1.29 is 9.53 Å². The fourth-order valence-corrected chi connectivity index (χ4v) is 3.96. The SMILES string of the molecule is CCOC(=O)NCc1cc(-c2sc(-c3ccccc3)nc2-c2ccccc2)n[nH]1. The summed E-state index contributed by atoms with van der Waals surface area (Å²) in [4.78, 5) is 17.4. The highest BCUT2D eigenvalue weighted by Crippen LogP contribution is 2.39. The number of H-pyrrole nitrogens is 1. The number of carbonyl (C=O) groups excluding carboxylic acids is 1. The molecular formula is C22H20N4O2S. The van der Waals surface area contributed by atoms with Gasteiger partial charge < -0.3 is 10.1 Å². The van der Waals surface area contributed by atoms with Gasteiger partial charge in [0.25, 0.3) is 0 Å². The fraction of sp³-hybridized carbons (Fsp3) is 0.136. The maximum Gasteiger partial charge on any atom is 0.407 e. The van der Waals surface area contributed by atoms with E-state index >= 15 is 0 Å². The molecule has 0 unspecified atom stereocenters. The Morgan fingerprint density at radius 3 is 2.45 bits per heavy atom. The quantitative estimate of drug-likeness (QED) is 0.468. The number of ether oxygens (including phenoxy) is 1. The monoisotopic (exact) mass is 404 g/mol. The third kappa shape index (κ3) is 4.35. The summed E-state index contributed by atoms with van der Waals surface area (Å²) in [7, 11) is 0. The average molecular weight is 404 g/mol. The molecule has 0 radical (unpaired) electrons. The van der Waals surface area contributed by atoms with Crippen molar-refractivity contribution in [2.45, 2.75) is 13.5 Å². The second-order valence-electron chi connectivity index (χ2n) is 6.28.